The van der Waals surface area contributed by atoms with Crippen LogP contribution < -0.4 is 0 Å². The van der Waals surface area contributed by atoms with E-state index in [9.17, 15) is 0 Å². The van der Waals surface area contributed by atoms with Crippen molar-refractivity contribution in [3.8, 4) is 0 Å². The van der Waals surface area contributed by atoms with Gasteiger partial charge in [-0.3, -0.25) is 5.01 Å². The molecule has 0 radical (unpaired) electrons. The van der Waals surface area contributed by atoms with Crippen molar-refractivity contribution in [2.24, 2.45) is 22.9 Å². The quantitative estimate of drug-likeness (QED) is 0.655. The molecule has 2 heteroatoms. The molecule has 0 fully saturated rings. The highest BCUT2D eigenvalue weighted by molar-refractivity contribution is 5.63. The standard InChI is InChI=1S/C11H22N2/c1-8(2)6-11-10(9(3)4)7-12-13(11)5/h7-11H,6H2,1-5H3/t10-,11+/m0/s1. The second-order valence-electron chi connectivity index (χ2n) is 4.86. The lowest BCUT2D eigenvalue weighted by Gasteiger charge is -2.28. The molecule has 0 saturated heterocycles. The fourth-order valence-corrected chi connectivity index (χ4v) is 2.03. The molecule has 0 aromatic rings. The Morgan fingerprint density at radius 3 is 2.38 bits per heavy atom. The summed E-state index contributed by atoms with van der Waals surface area (Å²) in [4.78, 5) is 0. The zero-order valence-corrected chi connectivity index (χ0v) is 9.49. The van der Waals surface area contributed by atoms with Crippen LogP contribution in [0, 0.1) is 17.8 Å². The van der Waals surface area contributed by atoms with Crippen LogP contribution in [-0.2, 0) is 0 Å². The molecule has 1 aliphatic heterocycles. The molecule has 0 N–H and O–H groups in total. The second kappa shape index (κ2) is 4.12. The van der Waals surface area contributed by atoms with Crippen LogP contribution in [-0.4, -0.2) is 24.3 Å². The Balaban J connectivity index is 2.59. The molecule has 76 valence electrons. The summed E-state index contributed by atoms with van der Waals surface area (Å²) in [5.74, 6) is 2.11. The molecule has 0 saturated carbocycles. The smallest absolute Gasteiger partial charge is 0.0550 e. The highest BCUT2D eigenvalue weighted by atomic mass is 15.5. The highest BCUT2D eigenvalue weighted by Crippen LogP contribution is 2.27. The number of rotatable bonds is 3. The van der Waals surface area contributed by atoms with Crippen molar-refractivity contribution in [1.29, 1.82) is 0 Å². The summed E-state index contributed by atoms with van der Waals surface area (Å²) >= 11 is 0. The third kappa shape index (κ3) is 2.45. The van der Waals surface area contributed by atoms with Crippen LogP contribution in [0.25, 0.3) is 0 Å². The van der Waals surface area contributed by atoms with Gasteiger partial charge in [0.1, 0.15) is 0 Å². The van der Waals surface area contributed by atoms with Crippen molar-refractivity contribution in [1.82, 2.24) is 5.01 Å². The van der Waals surface area contributed by atoms with Gasteiger partial charge in [-0.15, -0.1) is 0 Å². The summed E-state index contributed by atoms with van der Waals surface area (Å²) in [7, 11) is 2.09. The van der Waals surface area contributed by atoms with E-state index in [0.717, 1.165) is 5.92 Å². The third-order valence-electron chi connectivity index (χ3n) is 2.83. The van der Waals surface area contributed by atoms with Crippen molar-refractivity contribution >= 4 is 6.21 Å². The van der Waals surface area contributed by atoms with Gasteiger partial charge in [-0.2, -0.15) is 5.10 Å². The normalized spacial score (nSPS) is 28.1. The molecule has 2 nitrogen and oxygen atoms in total. The molecule has 0 unspecified atom stereocenters. The van der Waals surface area contributed by atoms with E-state index in [0.29, 0.717) is 17.9 Å². The van der Waals surface area contributed by atoms with E-state index < -0.39 is 0 Å². The van der Waals surface area contributed by atoms with Crippen LogP contribution in [0.2, 0.25) is 0 Å². The maximum atomic E-state index is 4.38. The molecule has 13 heavy (non-hydrogen) atoms. The van der Waals surface area contributed by atoms with Crippen LogP contribution in [0.5, 0.6) is 0 Å². The minimum atomic E-state index is 0.625. The number of nitrogens with zero attached hydrogens (tertiary/aromatic N) is 2. The molecule has 0 bridgehead atoms. The second-order valence-corrected chi connectivity index (χ2v) is 4.86. The lowest BCUT2D eigenvalue weighted by atomic mass is 9.86. The first-order valence-corrected chi connectivity index (χ1v) is 5.29. The van der Waals surface area contributed by atoms with Crippen molar-refractivity contribution in [2.75, 3.05) is 7.05 Å². The fourth-order valence-electron chi connectivity index (χ4n) is 2.03. The monoisotopic (exact) mass is 182 g/mol. The van der Waals surface area contributed by atoms with Crippen molar-refractivity contribution < 1.29 is 0 Å². The lowest BCUT2D eigenvalue weighted by Crippen LogP contribution is -2.33. The van der Waals surface area contributed by atoms with E-state index >= 15 is 0 Å². The molecule has 1 rings (SSSR count). The predicted octanol–water partition coefficient (Wildman–Crippen LogP) is 2.60. The number of hydrazone groups is 1. The van der Waals surface area contributed by atoms with Gasteiger partial charge in [-0.25, -0.2) is 0 Å². The SMILES string of the molecule is CC(C)C[C@@H]1[C@H](C(C)C)C=NN1C. The van der Waals surface area contributed by atoms with Gasteiger partial charge in [0.25, 0.3) is 0 Å². The molecular weight excluding hydrogens is 160 g/mol. The van der Waals surface area contributed by atoms with E-state index in [2.05, 4.69) is 51.1 Å². The summed E-state index contributed by atoms with van der Waals surface area (Å²) < 4.78 is 0. The molecule has 2 atom stereocenters. The van der Waals surface area contributed by atoms with Gasteiger partial charge in [0, 0.05) is 19.2 Å². The van der Waals surface area contributed by atoms with Gasteiger partial charge in [0.15, 0.2) is 0 Å². The molecule has 0 aromatic heterocycles. The predicted molar refractivity (Wildman–Crippen MR) is 57.8 cm³/mol. The summed E-state index contributed by atoms with van der Waals surface area (Å²) in [6, 6.07) is 0.625. The van der Waals surface area contributed by atoms with E-state index in [1.807, 2.05) is 0 Å². The largest absolute Gasteiger partial charge is 0.297 e. The van der Waals surface area contributed by atoms with Crippen molar-refractivity contribution in [3.63, 3.8) is 0 Å². The molecule has 0 aliphatic carbocycles. The summed E-state index contributed by atoms with van der Waals surface area (Å²) in [6.07, 6.45) is 3.37. The maximum absolute atomic E-state index is 4.38. The van der Waals surface area contributed by atoms with Crippen LogP contribution in [0.4, 0.5) is 0 Å². The van der Waals surface area contributed by atoms with Crippen LogP contribution in [0.1, 0.15) is 34.1 Å². The molecular formula is C11H22N2. The van der Waals surface area contributed by atoms with E-state index in [1.54, 1.807) is 0 Å². The zero-order valence-electron chi connectivity index (χ0n) is 9.49. The Kier molecular flexibility index (Phi) is 3.34. The van der Waals surface area contributed by atoms with Gasteiger partial charge in [-0.05, 0) is 18.3 Å². The Labute approximate surface area is 82.0 Å². The summed E-state index contributed by atoms with van der Waals surface area (Å²) in [5, 5.41) is 6.51. The van der Waals surface area contributed by atoms with Gasteiger partial charge >= 0.3 is 0 Å². The van der Waals surface area contributed by atoms with E-state index in [4.69, 9.17) is 0 Å². The average Bonchev–Trinajstić information content (AvgIpc) is 2.32. The van der Waals surface area contributed by atoms with Crippen molar-refractivity contribution in [2.45, 2.75) is 40.2 Å². The first-order chi connectivity index (χ1) is 6.02. The highest BCUT2D eigenvalue weighted by Gasteiger charge is 2.30. The maximum Gasteiger partial charge on any atom is 0.0550 e. The summed E-state index contributed by atoms with van der Waals surface area (Å²) in [5.41, 5.74) is 0. The van der Waals surface area contributed by atoms with E-state index in [-0.39, 0.29) is 0 Å². The van der Waals surface area contributed by atoms with Crippen LogP contribution >= 0.6 is 0 Å². The van der Waals surface area contributed by atoms with Gasteiger partial charge in [0.05, 0.1) is 6.04 Å². The molecule has 0 amide bonds. The number of hydrogen-bond acceptors (Lipinski definition) is 2. The Hall–Kier alpha value is -0.530. The average molecular weight is 182 g/mol. The van der Waals surface area contributed by atoms with Crippen LogP contribution in [0.3, 0.4) is 0 Å². The summed E-state index contributed by atoms with van der Waals surface area (Å²) in [6.45, 7) is 9.12. The molecule has 0 spiro atoms. The third-order valence-corrected chi connectivity index (χ3v) is 2.83. The minimum Gasteiger partial charge on any atom is -0.297 e. The molecule has 1 aliphatic rings. The Bertz CT molecular complexity index is 185. The first-order valence-electron chi connectivity index (χ1n) is 5.29. The minimum absolute atomic E-state index is 0.625. The molecule has 1 heterocycles. The fraction of sp³-hybridized carbons (Fsp3) is 0.909. The Morgan fingerprint density at radius 2 is 1.92 bits per heavy atom. The lowest BCUT2D eigenvalue weighted by molar-refractivity contribution is 0.191. The number of hydrogen-bond donors (Lipinski definition) is 0. The van der Waals surface area contributed by atoms with Crippen molar-refractivity contribution in [3.05, 3.63) is 0 Å². The molecule has 0 aromatic carbocycles. The van der Waals surface area contributed by atoms with Crippen LogP contribution in [0.15, 0.2) is 5.10 Å². The van der Waals surface area contributed by atoms with Gasteiger partial charge in [-0.1, -0.05) is 27.7 Å². The Morgan fingerprint density at radius 1 is 1.31 bits per heavy atom. The van der Waals surface area contributed by atoms with E-state index in [1.165, 1.54) is 6.42 Å². The first kappa shape index (κ1) is 10.6. The topological polar surface area (TPSA) is 15.6 Å². The zero-order chi connectivity index (χ0) is 10.0. The van der Waals surface area contributed by atoms with Gasteiger partial charge < -0.3 is 0 Å². The van der Waals surface area contributed by atoms with Gasteiger partial charge in [0.2, 0.25) is 0 Å².